The van der Waals surface area contributed by atoms with E-state index in [1.165, 1.54) is 12.1 Å². The van der Waals surface area contributed by atoms with Crippen LogP contribution in [0.2, 0.25) is 0 Å². The van der Waals surface area contributed by atoms with Crippen LogP contribution in [0, 0.1) is 5.92 Å². The lowest BCUT2D eigenvalue weighted by Gasteiger charge is -2.34. The van der Waals surface area contributed by atoms with Gasteiger partial charge in [0, 0.05) is 12.2 Å². The molecule has 1 aromatic rings. The van der Waals surface area contributed by atoms with E-state index >= 15 is 0 Å². The topological polar surface area (TPSA) is 92.4 Å². The number of benzene rings is 1. The van der Waals surface area contributed by atoms with Gasteiger partial charge in [-0.25, -0.2) is 13.1 Å². The van der Waals surface area contributed by atoms with E-state index in [9.17, 15) is 13.5 Å². The highest BCUT2D eigenvalue weighted by atomic mass is 32.2. The normalized spacial score (nSPS) is 27.4. The number of nitrogens with one attached hydrogen (secondary N) is 1. The van der Waals surface area contributed by atoms with Crippen molar-refractivity contribution in [3.8, 4) is 0 Å². The quantitative estimate of drug-likeness (QED) is 0.734. The number of nitrogens with two attached hydrogens (primary N) is 1. The van der Waals surface area contributed by atoms with Gasteiger partial charge in [0.25, 0.3) is 0 Å². The maximum Gasteiger partial charge on any atom is 0.240 e. The van der Waals surface area contributed by atoms with Crippen molar-refractivity contribution in [1.82, 2.24) is 4.72 Å². The number of hydrogen-bond acceptors (Lipinski definition) is 4. The number of anilines is 1. The largest absolute Gasteiger partial charge is 0.399 e. The summed E-state index contributed by atoms with van der Waals surface area (Å²) >= 11 is 0. The fourth-order valence-electron chi connectivity index (χ4n) is 2.44. The summed E-state index contributed by atoms with van der Waals surface area (Å²) < 4.78 is 26.8. The predicted molar refractivity (Wildman–Crippen MR) is 78.6 cm³/mol. The molecule has 112 valence electrons. The van der Waals surface area contributed by atoms with Crippen LogP contribution < -0.4 is 10.5 Å². The second-order valence-electron chi connectivity index (χ2n) is 5.80. The highest BCUT2D eigenvalue weighted by molar-refractivity contribution is 7.89. The Labute approximate surface area is 120 Å². The summed E-state index contributed by atoms with van der Waals surface area (Å²) in [6.07, 6.45) is 3.14. The molecule has 0 radical (unpaired) electrons. The molecule has 5 nitrogen and oxygen atoms in total. The van der Waals surface area contributed by atoms with Crippen LogP contribution in [0.15, 0.2) is 29.2 Å². The van der Waals surface area contributed by atoms with Crippen LogP contribution in [0.5, 0.6) is 0 Å². The number of rotatable bonds is 4. The monoisotopic (exact) mass is 298 g/mol. The highest BCUT2D eigenvalue weighted by Crippen LogP contribution is 2.31. The van der Waals surface area contributed by atoms with Crippen molar-refractivity contribution in [2.24, 2.45) is 5.92 Å². The third-order valence-corrected chi connectivity index (χ3v) is 5.40. The number of nitrogen functional groups attached to an aromatic ring is 1. The van der Waals surface area contributed by atoms with Gasteiger partial charge >= 0.3 is 0 Å². The first kappa shape index (κ1) is 15.3. The fourth-order valence-corrected chi connectivity index (χ4v) is 3.56. The van der Waals surface area contributed by atoms with Crippen LogP contribution in [0.3, 0.4) is 0 Å². The van der Waals surface area contributed by atoms with Crippen molar-refractivity contribution in [2.45, 2.75) is 43.1 Å². The first-order chi connectivity index (χ1) is 9.31. The third-order valence-electron chi connectivity index (χ3n) is 3.99. The summed E-state index contributed by atoms with van der Waals surface area (Å²) in [5, 5.41) is 10.4. The van der Waals surface area contributed by atoms with Crippen LogP contribution in [-0.4, -0.2) is 25.7 Å². The molecule has 0 amide bonds. The van der Waals surface area contributed by atoms with Gasteiger partial charge in [-0.05, 0) is 55.9 Å². The molecule has 0 saturated heterocycles. The summed E-state index contributed by atoms with van der Waals surface area (Å²) in [5.74, 6) is 0.601. The zero-order valence-corrected chi connectivity index (χ0v) is 12.5. The van der Waals surface area contributed by atoms with E-state index in [1.54, 1.807) is 12.1 Å². The fraction of sp³-hybridized carbons (Fsp3) is 0.571. The lowest BCUT2D eigenvalue weighted by Crippen LogP contribution is -2.45. The van der Waals surface area contributed by atoms with E-state index in [0.29, 0.717) is 24.4 Å². The summed E-state index contributed by atoms with van der Waals surface area (Å²) in [6.45, 7) is 2.21. The molecule has 20 heavy (non-hydrogen) atoms. The Hall–Kier alpha value is -1.11. The molecule has 1 saturated carbocycles. The van der Waals surface area contributed by atoms with Crippen LogP contribution in [-0.2, 0) is 10.0 Å². The first-order valence-electron chi connectivity index (χ1n) is 6.88. The van der Waals surface area contributed by atoms with Gasteiger partial charge in [0.15, 0.2) is 0 Å². The van der Waals surface area contributed by atoms with E-state index in [1.807, 2.05) is 0 Å². The summed E-state index contributed by atoms with van der Waals surface area (Å²) in [5.41, 5.74) is 5.13. The molecule has 0 atom stereocenters. The van der Waals surface area contributed by atoms with Gasteiger partial charge in [0.1, 0.15) is 0 Å². The second-order valence-corrected chi connectivity index (χ2v) is 7.57. The molecular weight excluding hydrogens is 276 g/mol. The Balaban J connectivity index is 2.00. The molecule has 0 aromatic heterocycles. The van der Waals surface area contributed by atoms with Crippen molar-refractivity contribution in [3.63, 3.8) is 0 Å². The molecule has 1 aromatic carbocycles. The summed E-state index contributed by atoms with van der Waals surface area (Å²) in [4.78, 5) is 0.166. The van der Waals surface area contributed by atoms with Gasteiger partial charge in [-0.3, -0.25) is 0 Å². The molecule has 2 rings (SSSR count). The van der Waals surface area contributed by atoms with Crippen molar-refractivity contribution < 1.29 is 13.5 Å². The molecule has 1 aliphatic rings. The molecule has 6 heteroatoms. The molecule has 0 unspecified atom stereocenters. The number of hydrogen-bond donors (Lipinski definition) is 3. The van der Waals surface area contributed by atoms with Gasteiger partial charge in [-0.1, -0.05) is 6.92 Å². The minimum atomic E-state index is -3.59. The SMILES string of the molecule is CC1CCC(O)(CNS(=O)(=O)c2ccc(N)cc2)CC1. The number of sulfonamides is 1. The molecule has 4 N–H and O–H groups in total. The van der Waals surface area contributed by atoms with Gasteiger partial charge < -0.3 is 10.8 Å². The zero-order chi connectivity index (χ0) is 14.8. The smallest absolute Gasteiger partial charge is 0.240 e. The van der Waals surface area contributed by atoms with E-state index in [-0.39, 0.29) is 11.4 Å². The average molecular weight is 298 g/mol. The standard InChI is InChI=1S/C14H22N2O3S/c1-11-6-8-14(17,9-7-11)10-16-20(18,19)13-4-2-12(15)3-5-13/h2-5,11,16-17H,6-10,15H2,1H3. The highest BCUT2D eigenvalue weighted by Gasteiger charge is 2.33. The van der Waals surface area contributed by atoms with Crippen molar-refractivity contribution in [3.05, 3.63) is 24.3 Å². The summed E-state index contributed by atoms with van der Waals surface area (Å²) in [6, 6.07) is 6.02. The molecular formula is C14H22N2O3S. The summed E-state index contributed by atoms with van der Waals surface area (Å²) in [7, 11) is -3.59. The minimum Gasteiger partial charge on any atom is -0.399 e. The molecule has 0 spiro atoms. The second kappa shape index (κ2) is 5.71. The van der Waals surface area contributed by atoms with E-state index in [0.717, 1.165) is 12.8 Å². The lowest BCUT2D eigenvalue weighted by molar-refractivity contribution is -0.00182. The lowest BCUT2D eigenvalue weighted by atomic mass is 9.80. The Morgan fingerprint density at radius 3 is 2.40 bits per heavy atom. The van der Waals surface area contributed by atoms with Gasteiger partial charge in [-0.15, -0.1) is 0 Å². The molecule has 1 aliphatic carbocycles. The van der Waals surface area contributed by atoms with Crippen LogP contribution in [0.4, 0.5) is 5.69 Å². The molecule has 0 aliphatic heterocycles. The Bertz CT molecular complexity index is 546. The predicted octanol–water partition coefficient (Wildman–Crippen LogP) is 1.49. The van der Waals surface area contributed by atoms with E-state index < -0.39 is 15.6 Å². The van der Waals surface area contributed by atoms with Crippen LogP contribution >= 0.6 is 0 Å². The average Bonchev–Trinajstić information content (AvgIpc) is 2.41. The van der Waals surface area contributed by atoms with E-state index in [4.69, 9.17) is 5.73 Å². The van der Waals surface area contributed by atoms with Crippen molar-refractivity contribution >= 4 is 15.7 Å². The van der Waals surface area contributed by atoms with Gasteiger partial charge in [-0.2, -0.15) is 0 Å². The minimum absolute atomic E-state index is 0.0619. The Morgan fingerprint density at radius 1 is 1.30 bits per heavy atom. The molecule has 0 heterocycles. The molecule has 1 fully saturated rings. The van der Waals surface area contributed by atoms with Gasteiger partial charge in [0.05, 0.1) is 10.5 Å². The van der Waals surface area contributed by atoms with Crippen molar-refractivity contribution in [1.29, 1.82) is 0 Å². The van der Waals surface area contributed by atoms with Crippen LogP contribution in [0.1, 0.15) is 32.6 Å². The Kier molecular flexibility index (Phi) is 4.36. The van der Waals surface area contributed by atoms with Crippen LogP contribution in [0.25, 0.3) is 0 Å². The van der Waals surface area contributed by atoms with Crippen molar-refractivity contribution in [2.75, 3.05) is 12.3 Å². The number of aliphatic hydroxyl groups is 1. The molecule has 0 bridgehead atoms. The van der Waals surface area contributed by atoms with E-state index in [2.05, 4.69) is 11.6 Å². The third kappa shape index (κ3) is 3.71. The maximum absolute atomic E-state index is 12.1. The maximum atomic E-state index is 12.1. The van der Waals surface area contributed by atoms with Gasteiger partial charge in [0.2, 0.25) is 10.0 Å². The zero-order valence-electron chi connectivity index (χ0n) is 11.7. The Morgan fingerprint density at radius 2 is 1.85 bits per heavy atom. The first-order valence-corrected chi connectivity index (χ1v) is 8.37.